The third-order valence-electron chi connectivity index (χ3n) is 4.00. The van der Waals surface area contributed by atoms with E-state index < -0.39 is 51.5 Å². The summed E-state index contributed by atoms with van der Waals surface area (Å²) in [5, 5.41) is 7.23. The first-order valence-corrected chi connectivity index (χ1v) is 11.5. The molecule has 0 saturated carbocycles. The molecule has 10 nitrogen and oxygen atoms in total. The topological polar surface area (TPSA) is 124 Å². The molecular weight excluding hydrogens is 491 g/mol. The predicted molar refractivity (Wildman–Crippen MR) is 113 cm³/mol. The van der Waals surface area contributed by atoms with Gasteiger partial charge in [-0.05, 0) is 19.1 Å². The molecule has 0 bridgehead atoms. The first-order valence-electron chi connectivity index (χ1n) is 9.32. The van der Waals surface area contributed by atoms with E-state index in [9.17, 15) is 31.2 Å². The Kier molecular flexibility index (Phi) is 8.55. The Morgan fingerprint density at radius 1 is 1.33 bits per heavy atom. The standard InChI is InChI=1S/C18H19ClF3N5O5S/c1-3-26(15-10-27(24-16(15)19)13-5-4-7-23-9-13)17(29)14(25-32-12(2)28)11-33(30,31)8-6-18(20,21)22/h4-5,7,9-10H,3,6,8,11H2,1-2H3. The van der Waals surface area contributed by atoms with Crippen LogP contribution in [0.1, 0.15) is 20.3 Å². The van der Waals surface area contributed by atoms with Crippen molar-refractivity contribution in [2.45, 2.75) is 26.4 Å². The summed E-state index contributed by atoms with van der Waals surface area (Å²) in [4.78, 5) is 33.6. The van der Waals surface area contributed by atoms with Gasteiger partial charge in [-0.2, -0.15) is 18.3 Å². The number of alkyl halides is 3. The molecule has 2 aromatic rings. The van der Waals surface area contributed by atoms with E-state index in [2.05, 4.69) is 20.1 Å². The van der Waals surface area contributed by atoms with Crippen LogP contribution in [0.2, 0.25) is 5.15 Å². The molecule has 2 heterocycles. The average molecular weight is 510 g/mol. The van der Waals surface area contributed by atoms with Crippen LogP contribution in [0.4, 0.5) is 18.9 Å². The van der Waals surface area contributed by atoms with Crippen molar-refractivity contribution in [3.8, 4) is 5.69 Å². The normalized spacial score (nSPS) is 12.5. The van der Waals surface area contributed by atoms with Crippen LogP contribution in [0, 0.1) is 0 Å². The first kappa shape index (κ1) is 26.3. The molecule has 0 fully saturated rings. The Morgan fingerprint density at radius 2 is 2.03 bits per heavy atom. The smallest absolute Gasteiger partial charge is 0.318 e. The van der Waals surface area contributed by atoms with Crippen LogP contribution in [-0.2, 0) is 24.3 Å². The number of pyridine rings is 1. The lowest BCUT2D eigenvalue weighted by Crippen LogP contribution is -2.40. The highest BCUT2D eigenvalue weighted by atomic mass is 35.5. The highest BCUT2D eigenvalue weighted by Crippen LogP contribution is 2.26. The van der Waals surface area contributed by atoms with Gasteiger partial charge in [0, 0.05) is 19.7 Å². The van der Waals surface area contributed by atoms with Gasteiger partial charge in [-0.25, -0.2) is 17.9 Å². The van der Waals surface area contributed by atoms with E-state index in [0.717, 1.165) is 11.8 Å². The lowest BCUT2D eigenvalue weighted by Gasteiger charge is -2.20. The molecule has 15 heteroatoms. The van der Waals surface area contributed by atoms with E-state index in [4.69, 9.17) is 11.6 Å². The van der Waals surface area contributed by atoms with Crippen LogP contribution in [0.3, 0.4) is 0 Å². The number of carbonyl (C=O) groups excluding carboxylic acids is 2. The summed E-state index contributed by atoms with van der Waals surface area (Å²) in [6.45, 7) is 2.45. The van der Waals surface area contributed by atoms with Gasteiger partial charge < -0.3 is 9.74 Å². The number of nitrogens with zero attached hydrogens (tertiary/aromatic N) is 5. The molecule has 2 rings (SSSR count). The largest absolute Gasteiger partial charge is 0.390 e. The van der Waals surface area contributed by atoms with Crippen molar-refractivity contribution in [2.24, 2.45) is 5.16 Å². The second-order valence-electron chi connectivity index (χ2n) is 6.59. The summed E-state index contributed by atoms with van der Waals surface area (Å²) in [7, 11) is -4.43. The van der Waals surface area contributed by atoms with Crippen molar-refractivity contribution in [1.29, 1.82) is 0 Å². The van der Waals surface area contributed by atoms with Crippen LogP contribution >= 0.6 is 11.6 Å². The molecule has 0 spiro atoms. The maximum atomic E-state index is 13.1. The molecule has 0 atom stereocenters. The van der Waals surface area contributed by atoms with Gasteiger partial charge in [-0.1, -0.05) is 16.8 Å². The van der Waals surface area contributed by atoms with Crippen molar-refractivity contribution in [3.05, 3.63) is 35.9 Å². The summed E-state index contributed by atoms with van der Waals surface area (Å²) in [5.74, 6) is -4.45. The van der Waals surface area contributed by atoms with E-state index in [1.54, 1.807) is 12.1 Å². The third kappa shape index (κ3) is 7.82. The zero-order valence-electron chi connectivity index (χ0n) is 17.4. The number of oxime groups is 1. The number of sulfone groups is 1. The Labute approximate surface area is 191 Å². The maximum Gasteiger partial charge on any atom is 0.390 e. The SMILES string of the molecule is CCN(C(=O)C(CS(=O)(=O)CCC(F)(F)F)=NOC(C)=O)c1cn(-c2cccnc2)nc1Cl. The summed E-state index contributed by atoms with van der Waals surface area (Å²) in [5.41, 5.74) is -0.215. The number of hydrogen-bond donors (Lipinski definition) is 0. The fourth-order valence-electron chi connectivity index (χ4n) is 2.52. The van der Waals surface area contributed by atoms with Gasteiger partial charge in [-0.3, -0.25) is 9.78 Å². The van der Waals surface area contributed by atoms with Crippen molar-refractivity contribution in [1.82, 2.24) is 14.8 Å². The molecule has 33 heavy (non-hydrogen) atoms. The molecule has 1 amide bonds. The molecule has 0 N–H and O–H groups in total. The van der Waals surface area contributed by atoms with Crippen LogP contribution in [-0.4, -0.2) is 65.0 Å². The summed E-state index contributed by atoms with van der Waals surface area (Å²) in [6, 6.07) is 3.31. The lowest BCUT2D eigenvalue weighted by molar-refractivity contribution is -0.141. The van der Waals surface area contributed by atoms with Gasteiger partial charge in [0.15, 0.2) is 20.7 Å². The highest BCUT2D eigenvalue weighted by Gasteiger charge is 2.33. The fourth-order valence-corrected chi connectivity index (χ4v) is 4.04. The number of carbonyl (C=O) groups is 2. The number of hydrogen-bond acceptors (Lipinski definition) is 8. The van der Waals surface area contributed by atoms with Crippen LogP contribution < -0.4 is 4.90 Å². The zero-order valence-corrected chi connectivity index (χ0v) is 19.0. The van der Waals surface area contributed by atoms with Gasteiger partial charge in [0.25, 0.3) is 5.91 Å². The number of amides is 1. The minimum absolute atomic E-state index is 0.0427. The van der Waals surface area contributed by atoms with Gasteiger partial charge in [0.1, 0.15) is 11.4 Å². The minimum atomic E-state index is -4.71. The molecule has 2 aromatic heterocycles. The number of rotatable bonds is 9. The number of anilines is 1. The van der Waals surface area contributed by atoms with E-state index in [1.807, 2.05) is 0 Å². The molecule has 0 radical (unpaired) electrons. The maximum absolute atomic E-state index is 13.1. The third-order valence-corrected chi connectivity index (χ3v) is 5.81. The number of halogens is 4. The second-order valence-corrected chi connectivity index (χ2v) is 9.13. The highest BCUT2D eigenvalue weighted by molar-refractivity contribution is 7.92. The summed E-state index contributed by atoms with van der Waals surface area (Å²) in [6.07, 6.45) is -1.93. The average Bonchev–Trinajstić information content (AvgIpc) is 3.11. The van der Waals surface area contributed by atoms with Crippen LogP contribution in [0.5, 0.6) is 0 Å². The molecule has 0 saturated heterocycles. The van der Waals surface area contributed by atoms with Crippen molar-refractivity contribution in [3.63, 3.8) is 0 Å². The summed E-state index contributed by atoms with van der Waals surface area (Å²) >= 11 is 6.16. The van der Waals surface area contributed by atoms with Crippen LogP contribution in [0.25, 0.3) is 5.69 Å². The summed E-state index contributed by atoms with van der Waals surface area (Å²) < 4.78 is 63.1. The molecule has 0 aliphatic carbocycles. The Balaban J connectivity index is 2.37. The van der Waals surface area contributed by atoms with Crippen molar-refractivity contribution >= 4 is 44.7 Å². The Hall–Kier alpha value is -3.00. The predicted octanol–water partition coefficient (Wildman–Crippen LogP) is 2.56. The van der Waals surface area contributed by atoms with Gasteiger partial charge in [0.05, 0.1) is 30.3 Å². The van der Waals surface area contributed by atoms with Crippen LogP contribution in [0.15, 0.2) is 35.9 Å². The molecule has 0 aliphatic heterocycles. The molecule has 180 valence electrons. The van der Waals surface area contributed by atoms with E-state index in [0.29, 0.717) is 5.69 Å². The Morgan fingerprint density at radius 3 is 2.58 bits per heavy atom. The lowest BCUT2D eigenvalue weighted by atomic mass is 10.3. The van der Waals surface area contributed by atoms with E-state index in [-0.39, 0.29) is 17.4 Å². The van der Waals surface area contributed by atoms with Crippen molar-refractivity contribution in [2.75, 3.05) is 23.0 Å². The molecule has 0 aliphatic rings. The molecule has 0 unspecified atom stereocenters. The van der Waals surface area contributed by atoms with E-state index >= 15 is 0 Å². The van der Waals surface area contributed by atoms with Crippen molar-refractivity contribution < 1.29 is 36.0 Å². The second kappa shape index (κ2) is 10.7. The fraction of sp³-hybridized carbons (Fsp3) is 0.389. The number of aromatic nitrogens is 3. The zero-order chi connectivity index (χ0) is 24.8. The van der Waals surface area contributed by atoms with E-state index in [1.165, 1.54) is 30.2 Å². The molecular formula is C18H19ClF3N5O5S. The quantitative estimate of drug-likeness (QED) is 0.289. The van der Waals surface area contributed by atoms with Gasteiger partial charge >= 0.3 is 12.1 Å². The minimum Gasteiger partial charge on any atom is -0.318 e. The monoisotopic (exact) mass is 509 g/mol. The van der Waals surface area contributed by atoms with Gasteiger partial charge in [-0.15, -0.1) is 0 Å². The van der Waals surface area contributed by atoms with Gasteiger partial charge in [0.2, 0.25) is 0 Å². The Bertz CT molecular complexity index is 1140. The molecule has 0 aromatic carbocycles. The first-order chi connectivity index (χ1) is 15.3.